The standard InChI is InChI=1S/C13H18O10/c1-6(14)20-5-10(21-7(2)15)11(22-8(3)16)12(13(18)19)23-9(4)17/h10-12H,5H2,1-4H3,(H,18,19)/t10-,11-,12-/m1/s1/i1D,2D,3D,4D. The van der Waals surface area contributed by atoms with Crippen molar-refractivity contribution in [3.8, 4) is 0 Å². The molecule has 0 heterocycles. The van der Waals surface area contributed by atoms with Crippen LogP contribution < -0.4 is 0 Å². The summed E-state index contributed by atoms with van der Waals surface area (Å²) in [6, 6.07) is 0. The van der Waals surface area contributed by atoms with Crippen LogP contribution >= 0.6 is 0 Å². The van der Waals surface area contributed by atoms with Crippen LogP contribution in [-0.4, -0.2) is 59.9 Å². The number of rotatable bonds is 8. The Labute approximate surface area is 137 Å². The number of hydrogen-bond donors (Lipinski definition) is 1. The van der Waals surface area contributed by atoms with Crippen LogP contribution in [0.5, 0.6) is 0 Å². The molecule has 0 amide bonds. The van der Waals surface area contributed by atoms with E-state index in [1.807, 2.05) is 0 Å². The maximum Gasteiger partial charge on any atom is 0.349 e. The molecule has 0 spiro atoms. The van der Waals surface area contributed by atoms with Crippen LogP contribution in [0.1, 0.15) is 33.1 Å². The molecular formula is C13H18O10. The first kappa shape index (κ1) is 14.0. The second-order valence-electron chi connectivity index (χ2n) is 3.91. The van der Waals surface area contributed by atoms with E-state index in [0.29, 0.717) is 0 Å². The van der Waals surface area contributed by atoms with Crippen molar-refractivity contribution in [2.45, 2.75) is 45.9 Å². The second-order valence-corrected chi connectivity index (χ2v) is 3.91. The maximum atomic E-state index is 11.5. The van der Waals surface area contributed by atoms with Crippen molar-refractivity contribution in [3.63, 3.8) is 0 Å². The van der Waals surface area contributed by atoms with Gasteiger partial charge in [-0.25, -0.2) is 4.79 Å². The van der Waals surface area contributed by atoms with Crippen molar-refractivity contribution in [2.24, 2.45) is 0 Å². The third kappa shape index (κ3) is 8.39. The Morgan fingerprint density at radius 2 is 1.39 bits per heavy atom. The Morgan fingerprint density at radius 3 is 1.91 bits per heavy atom. The van der Waals surface area contributed by atoms with Gasteiger partial charge in [0, 0.05) is 33.1 Å². The summed E-state index contributed by atoms with van der Waals surface area (Å²) >= 11 is 0. The van der Waals surface area contributed by atoms with Crippen LogP contribution in [0.15, 0.2) is 0 Å². The van der Waals surface area contributed by atoms with E-state index in [9.17, 15) is 29.1 Å². The van der Waals surface area contributed by atoms with Crippen LogP contribution in [0, 0.1) is 0 Å². The highest BCUT2D eigenvalue weighted by Gasteiger charge is 2.42. The van der Waals surface area contributed by atoms with Crippen molar-refractivity contribution in [1.29, 1.82) is 0 Å². The van der Waals surface area contributed by atoms with Crippen LogP contribution in [0.4, 0.5) is 0 Å². The van der Waals surface area contributed by atoms with E-state index in [1.165, 1.54) is 0 Å². The van der Waals surface area contributed by atoms with E-state index >= 15 is 0 Å². The van der Waals surface area contributed by atoms with Crippen LogP contribution in [0.2, 0.25) is 0 Å². The van der Waals surface area contributed by atoms with Gasteiger partial charge in [0.2, 0.25) is 6.10 Å². The molecule has 1 N–H and O–H groups in total. The fourth-order valence-corrected chi connectivity index (χ4v) is 1.42. The van der Waals surface area contributed by atoms with Gasteiger partial charge in [0.1, 0.15) is 6.61 Å². The summed E-state index contributed by atoms with van der Waals surface area (Å²) in [7, 11) is 0. The summed E-state index contributed by atoms with van der Waals surface area (Å²) in [5, 5.41) is 9.25. The highest BCUT2D eigenvalue weighted by atomic mass is 16.6. The van der Waals surface area contributed by atoms with Crippen molar-refractivity contribution in [2.75, 3.05) is 6.61 Å². The third-order valence-corrected chi connectivity index (χ3v) is 2.13. The maximum absolute atomic E-state index is 11.5. The number of carbonyl (C=O) groups is 5. The van der Waals surface area contributed by atoms with Crippen LogP contribution in [0.3, 0.4) is 0 Å². The summed E-state index contributed by atoms with van der Waals surface area (Å²) in [6.45, 7) is -4.52. The smallest absolute Gasteiger partial charge is 0.349 e. The molecule has 0 aromatic heterocycles. The van der Waals surface area contributed by atoms with Gasteiger partial charge in [0.15, 0.2) is 12.2 Å². The average Bonchev–Trinajstić information content (AvgIpc) is 2.66. The first-order valence-electron chi connectivity index (χ1n) is 8.66. The molecule has 0 unspecified atom stereocenters. The Balaban J connectivity index is 5.79. The van der Waals surface area contributed by atoms with E-state index in [-0.39, 0.29) is 0 Å². The second kappa shape index (κ2) is 9.38. The van der Waals surface area contributed by atoms with Gasteiger partial charge >= 0.3 is 29.8 Å². The fraction of sp³-hybridized carbons (Fsp3) is 0.615. The minimum atomic E-state index is -2.25. The molecule has 0 radical (unpaired) electrons. The minimum absolute atomic E-state index is 0.813. The number of carboxylic acids is 1. The van der Waals surface area contributed by atoms with Gasteiger partial charge < -0.3 is 24.1 Å². The molecule has 0 bridgehead atoms. The molecule has 0 saturated carbocycles. The lowest BCUT2D eigenvalue weighted by atomic mass is 10.1. The highest BCUT2D eigenvalue weighted by Crippen LogP contribution is 2.15. The normalized spacial score (nSPS) is 16.2. The summed E-state index contributed by atoms with van der Waals surface area (Å²) in [5.41, 5.74) is 0. The summed E-state index contributed by atoms with van der Waals surface area (Å²) < 4.78 is 46.1. The van der Waals surface area contributed by atoms with Crippen molar-refractivity contribution < 1.29 is 53.5 Å². The Hall–Kier alpha value is -2.65. The molecule has 0 saturated heterocycles. The Morgan fingerprint density at radius 1 is 0.870 bits per heavy atom. The van der Waals surface area contributed by atoms with E-state index < -0.39 is 82.4 Å². The molecule has 10 heteroatoms. The lowest BCUT2D eigenvalue weighted by molar-refractivity contribution is -0.195. The van der Waals surface area contributed by atoms with E-state index in [1.54, 1.807) is 0 Å². The van der Waals surface area contributed by atoms with Crippen LogP contribution in [0.25, 0.3) is 0 Å². The largest absolute Gasteiger partial charge is 0.478 e. The van der Waals surface area contributed by atoms with Crippen molar-refractivity contribution >= 4 is 29.8 Å². The summed E-state index contributed by atoms with van der Waals surface area (Å²) in [5.74, 6) is -6.69. The quantitative estimate of drug-likeness (QED) is 0.451. The first-order chi connectivity index (χ1) is 12.7. The summed E-state index contributed by atoms with van der Waals surface area (Å²) in [6.07, 6.45) is -6.10. The van der Waals surface area contributed by atoms with Crippen molar-refractivity contribution in [1.82, 2.24) is 0 Å². The van der Waals surface area contributed by atoms with E-state index in [2.05, 4.69) is 9.47 Å². The lowest BCUT2D eigenvalue weighted by Crippen LogP contribution is -2.50. The third-order valence-electron chi connectivity index (χ3n) is 2.13. The molecule has 23 heavy (non-hydrogen) atoms. The summed E-state index contributed by atoms with van der Waals surface area (Å²) in [4.78, 5) is 56.8. The zero-order chi connectivity index (χ0) is 21.0. The van der Waals surface area contributed by atoms with E-state index in [4.69, 9.17) is 15.0 Å². The molecular weight excluding hydrogens is 316 g/mol. The van der Waals surface area contributed by atoms with Gasteiger partial charge in [0.05, 0.1) is 0 Å². The molecule has 0 aliphatic heterocycles. The highest BCUT2D eigenvalue weighted by molar-refractivity contribution is 5.78. The number of carbonyl (C=O) groups excluding carboxylic acids is 4. The SMILES string of the molecule is [2H]CC(=O)OC[C@@H](OC(=O)C[2H])[C@@H](OC(=O)C[2H])[C@@H](OC(=O)C[2H])C(=O)O. The topological polar surface area (TPSA) is 142 Å². The van der Waals surface area contributed by atoms with Gasteiger partial charge in [-0.15, -0.1) is 0 Å². The van der Waals surface area contributed by atoms with Gasteiger partial charge in [-0.2, -0.15) is 0 Å². The molecule has 0 fully saturated rings. The molecule has 130 valence electrons. The number of aliphatic carboxylic acids is 1. The van der Waals surface area contributed by atoms with Crippen LogP contribution in [-0.2, 0) is 42.9 Å². The zero-order valence-electron chi connectivity index (χ0n) is 15.9. The number of esters is 4. The molecule has 10 nitrogen and oxygen atoms in total. The molecule has 0 aromatic rings. The first-order valence-corrected chi connectivity index (χ1v) is 5.83. The number of ether oxygens (including phenoxy) is 4. The number of carboxylic acid groups (broad SMARTS) is 1. The molecule has 3 atom stereocenters. The van der Waals surface area contributed by atoms with Gasteiger partial charge in [-0.05, 0) is 0 Å². The van der Waals surface area contributed by atoms with E-state index in [0.717, 1.165) is 0 Å². The number of hydrogen-bond acceptors (Lipinski definition) is 9. The van der Waals surface area contributed by atoms with Gasteiger partial charge in [0.25, 0.3) is 0 Å². The fourth-order valence-electron chi connectivity index (χ4n) is 1.42. The molecule has 0 aromatic carbocycles. The molecule has 0 rings (SSSR count). The predicted octanol–water partition coefficient (Wildman–Crippen LogP) is -0.571. The average molecular weight is 338 g/mol. The van der Waals surface area contributed by atoms with Crippen molar-refractivity contribution in [3.05, 3.63) is 0 Å². The lowest BCUT2D eigenvalue weighted by Gasteiger charge is -2.29. The van der Waals surface area contributed by atoms with Gasteiger partial charge in [-0.3, -0.25) is 19.2 Å². The minimum Gasteiger partial charge on any atom is -0.478 e. The molecule has 0 aliphatic rings. The molecule has 0 aliphatic carbocycles. The monoisotopic (exact) mass is 338 g/mol. The Bertz CT molecular complexity index is 555. The van der Waals surface area contributed by atoms with Gasteiger partial charge in [-0.1, -0.05) is 0 Å². The zero-order valence-corrected chi connectivity index (χ0v) is 11.9. The predicted molar refractivity (Wildman–Crippen MR) is 70.9 cm³/mol. The Kier molecular flexibility index (Phi) is 5.70.